The third-order valence-electron chi connectivity index (χ3n) is 1.82. The van der Waals surface area contributed by atoms with Gasteiger partial charge in [-0.25, -0.2) is 0 Å². The maximum absolute atomic E-state index is 3.33. The van der Waals surface area contributed by atoms with Crippen molar-refractivity contribution in [1.29, 1.82) is 0 Å². The molecule has 2 heteroatoms. The number of alkyl halides is 1. The Hall–Kier alpha value is 0.690. The summed E-state index contributed by atoms with van der Waals surface area (Å²) in [5.74, 6) is 0.771. The van der Waals surface area contributed by atoms with Gasteiger partial charge in [-0.05, 0) is 30.2 Å². The molecule has 0 saturated carbocycles. The summed E-state index contributed by atoms with van der Waals surface area (Å²) in [4.78, 5) is 0. The fourth-order valence-electron chi connectivity index (χ4n) is 1.11. The van der Waals surface area contributed by atoms with Gasteiger partial charge in [-0.3, -0.25) is 0 Å². The van der Waals surface area contributed by atoms with Crippen LogP contribution in [0.25, 0.3) is 0 Å². The van der Waals surface area contributed by atoms with Gasteiger partial charge in [0, 0.05) is 6.04 Å². The molecule has 0 aromatic heterocycles. The third-order valence-corrected chi connectivity index (χ3v) is 2.59. The van der Waals surface area contributed by atoms with Crippen molar-refractivity contribution in [3.05, 3.63) is 0 Å². The molecule has 0 saturated heterocycles. The Morgan fingerprint density at radius 2 is 2.00 bits per heavy atom. The van der Waals surface area contributed by atoms with E-state index in [0.717, 1.165) is 12.0 Å². The first-order valence-electron chi connectivity index (χ1n) is 3.95. The number of nitrogens with one attached hydrogen (secondary N) is 1. The molecule has 62 valence electrons. The van der Waals surface area contributed by atoms with E-state index in [1.165, 1.54) is 17.3 Å². The molecule has 1 unspecified atom stereocenters. The van der Waals surface area contributed by atoms with E-state index in [-0.39, 0.29) is 0 Å². The van der Waals surface area contributed by atoms with E-state index in [4.69, 9.17) is 0 Å². The Morgan fingerprint density at radius 3 is 2.30 bits per heavy atom. The molecule has 0 radical (unpaired) electrons. The molecule has 0 amide bonds. The molecule has 0 aliphatic rings. The number of halogens is 1. The maximum Gasteiger partial charge on any atom is 0.00873 e. The summed E-state index contributed by atoms with van der Waals surface area (Å²) in [5.41, 5.74) is 0. The summed E-state index contributed by atoms with van der Waals surface area (Å²) in [7, 11) is 2.05. The van der Waals surface area contributed by atoms with Gasteiger partial charge < -0.3 is 5.32 Å². The molecule has 0 aliphatic carbocycles. The minimum Gasteiger partial charge on any atom is -0.317 e. The van der Waals surface area contributed by atoms with Crippen molar-refractivity contribution < 1.29 is 0 Å². The van der Waals surface area contributed by atoms with Crippen LogP contribution in [0.1, 0.15) is 26.7 Å². The molecule has 1 N–H and O–H groups in total. The van der Waals surface area contributed by atoms with Gasteiger partial charge in [0.15, 0.2) is 0 Å². The lowest BCUT2D eigenvalue weighted by molar-refractivity contribution is 0.401. The molecule has 0 aromatic carbocycles. The van der Waals surface area contributed by atoms with Crippen molar-refractivity contribution in [3.8, 4) is 0 Å². The zero-order valence-electron chi connectivity index (χ0n) is 7.15. The van der Waals surface area contributed by atoms with Crippen LogP contribution in [-0.4, -0.2) is 17.5 Å². The number of rotatable bonds is 5. The average Bonchev–Trinajstić information content (AvgIpc) is 1.89. The molecule has 0 heterocycles. The zero-order valence-corrected chi connectivity index (χ0v) is 9.31. The summed E-state index contributed by atoms with van der Waals surface area (Å²) in [5, 5.41) is 3.33. The predicted octanol–water partition coefficient (Wildman–Crippen LogP) is 2.45. The molecule has 0 aliphatic heterocycles. The van der Waals surface area contributed by atoms with Crippen LogP contribution in [-0.2, 0) is 0 Å². The summed E-state index contributed by atoms with van der Waals surface area (Å²) < 4.78 is 1.28. The van der Waals surface area contributed by atoms with Crippen molar-refractivity contribution in [2.75, 3.05) is 11.5 Å². The molecule has 0 aromatic rings. The Labute approximate surface area is 78.1 Å². The third kappa shape index (κ3) is 4.50. The van der Waals surface area contributed by atoms with Gasteiger partial charge in [0.05, 0.1) is 0 Å². The van der Waals surface area contributed by atoms with Crippen LogP contribution >= 0.6 is 22.6 Å². The summed E-state index contributed by atoms with van der Waals surface area (Å²) in [6, 6.07) is 0.717. The second kappa shape index (κ2) is 6.40. The van der Waals surface area contributed by atoms with E-state index in [1.54, 1.807) is 0 Å². The second-order valence-electron chi connectivity index (χ2n) is 2.97. The first kappa shape index (κ1) is 10.7. The van der Waals surface area contributed by atoms with Crippen LogP contribution in [0.5, 0.6) is 0 Å². The maximum atomic E-state index is 3.33. The van der Waals surface area contributed by atoms with Crippen LogP contribution < -0.4 is 5.32 Å². The van der Waals surface area contributed by atoms with Crippen molar-refractivity contribution in [1.82, 2.24) is 5.32 Å². The first-order valence-corrected chi connectivity index (χ1v) is 5.48. The van der Waals surface area contributed by atoms with Crippen LogP contribution in [0.15, 0.2) is 0 Å². The largest absolute Gasteiger partial charge is 0.317 e. The molecule has 0 bridgehead atoms. The molecule has 1 nitrogen and oxygen atoms in total. The number of hydrogen-bond donors (Lipinski definition) is 1. The SMILES string of the molecule is CNC(CCCI)C(C)C. The number of hydrogen-bond acceptors (Lipinski definition) is 1. The minimum atomic E-state index is 0.717. The van der Waals surface area contributed by atoms with Gasteiger partial charge >= 0.3 is 0 Å². The average molecular weight is 255 g/mol. The summed E-state index contributed by atoms with van der Waals surface area (Å²) >= 11 is 2.43. The smallest absolute Gasteiger partial charge is 0.00873 e. The molecule has 10 heavy (non-hydrogen) atoms. The normalized spacial score (nSPS) is 14.1. The predicted molar refractivity (Wildman–Crippen MR) is 55.8 cm³/mol. The Kier molecular flexibility index (Phi) is 6.85. The highest BCUT2D eigenvalue weighted by Crippen LogP contribution is 2.08. The summed E-state index contributed by atoms with van der Waals surface area (Å²) in [6.07, 6.45) is 2.65. The van der Waals surface area contributed by atoms with Crippen LogP contribution in [0.3, 0.4) is 0 Å². The highest BCUT2D eigenvalue weighted by atomic mass is 127. The summed E-state index contributed by atoms with van der Waals surface area (Å²) in [6.45, 7) is 4.54. The van der Waals surface area contributed by atoms with Crippen LogP contribution in [0.2, 0.25) is 0 Å². The zero-order chi connectivity index (χ0) is 7.98. The molecular formula is C8H18IN. The van der Waals surface area contributed by atoms with Gasteiger partial charge in [-0.15, -0.1) is 0 Å². The standard InChI is InChI=1S/C8H18IN/c1-7(2)8(10-3)5-4-6-9/h7-8,10H,4-6H2,1-3H3. The van der Waals surface area contributed by atoms with Crippen molar-refractivity contribution in [3.63, 3.8) is 0 Å². The quantitative estimate of drug-likeness (QED) is 0.587. The molecule has 0 spiro atoms. The highest BCUT2D eigenvalue weighted by molar-refractivity contribution is 14.1. The van der Waals surface area contributed by atoms with E-state index in [2.05, 4.69) is 48.8 Å². The monoisotopic (exact) mass is 255 g/mol. The minimum absolute atomic E-state index is 0.717. The lowest BCUT2D eigenvalue weighted by Gasteiger charge is -2.19. The van der Waals surface area contributed by atoms with Crippen molar-refractivity contribution in [2.45, 2.75) is 32.7 Å². The Bertz CT molecular complexity index is 73.7. The van der Waals surface area contributed by atoms with E-state index in [0.29, 0.717) is 0 Å². The molecular weight excluding hydrogens is 237 g/mol. The topological polar surface area (TPSA) is 12.0 Å². The Morgan fingerprint density at radius 1 is 1.40 bits per heavy atom. The van der Waals surface area contributed by atoms with Crippen molar-refractivity contribution in [2.24, 2.45) is 5.92 Å². The molecule has 1 atom stereocenters. The van der Waals surface area contributed by atoms with Gasteiger partial charge in [0.1, 0.15) is 0 Å². The Balaban J connectivity index is 3.40. The van der Waals surface area contributed by atoms with Crippen LogP contribution in [0, 0.1) is 5.92 Å². The van der Waals surface area contributed by atoms with E-state index in [9.17, 15) is 0 Å². The van der Waals surface area contributed by atoms with Crippen molar-refractivity contribution >= 4 is 22.6 Å². The van der Waals surface area contributed by atoms with Gasteiger partial charge in [0.2, 0.25) is 0 Å². The van der Waals surface area contributed by atoms with E-state index in [1.807, 2.05) is 0 Å². The van der Waals surface area contributed by atoms with E-state index >= 15 is 0 Å². The first-order chi connectivity index (χ1) is 4.72. The van der Waals surface area contributed by atoms with Crippen LogP contribution in [0.4, 0.5) is 0 Å². The van der Waals surface area contributed by atoms with Gasteiger partial charge in [-0.1, -0.05) is 36.4 Å². The molecule has 0 fully saturated rings. The highest BCUT2D eigenvalue weighted by Gasteiger charge is 2.08. The van der Waals surface area contributed by atoms with E-state index < -0.39 is 0 Å². The second-order valence-corrected chi connectivity index (χ2v) is 4.05. The lowest BCUT2D eigenvalue weighted by atomic mass is 10.0. The van der Waals surface area contributed by atoms with Gasteiger partial charge in [-0.2, -0.15) is 0 Å². The fourth-order valence-corrected chi connectivity index (χ4v) is 1.55. The van der Waals surface area contributed by atoms with Gasteiger partial charge in [0.25, 0.3) is 0 Å². The lowest BCUT2D eigenvalue weighted by Crippen LogP contribution is -2.30. The molecule has 0 rings (SSSR count). The fraction of sp³-hybridized carbons (Fsp3) is 1.00.